The highest BCUT2D eigenvalue weighted by Gasteiger charge is 2.09. The molecule has 0 saturated heterocycles. The van der Waals surface area contributed by atoms with Gasteiger partial charge >= 0.3 is 0 Å². The number of nitrogen functional groups attached to an aromatic ring is 1. The monoisotopic (exact) mass is 320 g/mol. The molecule has 0 atom stereocenters. The van der Waals surface area contributed by atoms with Crippen molar-refractivity contribution in [1.82, 2.24) is 9.97 Å². The van der Waals surface area contributed by atoms with Crippen molar-refractivity contribution in [1.29, 1.82) is 0 Å². The molecule has 0 radical (unpaired) electrons. The highest BCUT2D eigenvalue weighted by molar-refractivity contribution is 7.16. The second-order valence-corrected chi connectivity index (χ2v) is 5.80. The van der Waals surface area contributed by atoms with Crippen molar-refractivity contribution >= 4 is 39.0 Å². The predicted molar refractivity (Wildman–Crippen MR) is 85.7 cm³/mol. The molecule has 0 unspecified atom stereocenters. The summed E-state index contributed by atoms with van der Waals surface area (Å²) in [7, 11) is 0. The zero-order chi connectivity index (χ0) is 14.8. The minimum absolute atomic E-state index is 0.269. The highest BCUT2D eigenvalue weighted by Crippen LogP contribution is 2.26. The molecule has 0 aliphatic carbocycles. The van der Waals surface area contributed by atoms with Crippen molar-refractivity contribution in [2.45, 2.75) is 13.5 Å². The smallest absolute Gasteiger partial charge is 0.169 e. The van der Waals surface area contributed by atoms with Crippen molar-refractivity contribution in [3.63, 3.8) is 0 Å². The van der Waals surface area contributed by atoms with Crippen LogP contribution in [0.2, 0.25) is 5.02 Å². The fourth-order valence-corrected chi connectivity index (χ4v) is 3.00. The van der Waals surface area contributed by atoms with Gasteiger partial charge in [-0.2, -0.15) is 0 Å². The SMILES string of the molecule is Cc1cc(Cl)ccc1OCc1nc(NN)c2ccsc2n1. The van der Waals surface area contributed by atoms with Crippen molar-refractivity contribution in [2.24, 2.45) is 5.84 Å². The molecule has 7 heteroatoms. The number of hydrogen-bond acceptors (Lipinski definition) is 6. The molecule has 21 heavy (non-hydrogen) atoms. The fraction of sp³-hybridized carbons (Fsp3) is 0.143. The number of nitrogens with two attached hydrogens (primary N) is 1. The maximum absolute atomic E-state index is 5.93. The third kappa shape index (κ3) is 2.92. The summed E-state index contributed by atoms with van der Waals surface area (Å²) in [6.07, 6.45) is 0. The Morgan fingerprint density at radius 1 is 1.33 bits per heavy atom. The lowest BCUT2D eigenvalue weighted by Crippen LogP contribution is -2.11. The number of aryl methyl sites for hydroxylation is 1. The number of thiophene rings is 1. The molecular formula is C14H13ClN4OS. The minimum Gasteiger partial charge on any atom is -0.485 e. The summed E-state index contributed by atoms with van der Waals surface area (Å²) in [5.41, 5.74) is 3.57. The number of aromatic nitrogens is 2. The lowest BCUT2D eigenvalue weighted by atomic mass is 10.2. The normalized spacial score (nSPS) is 10.8. The van der Waals surface area contributed by atoms with Crippen molar-refractivity contribution in [3.8, 4) is 5.75 Å². The predicted octanol–water partition coefficient (Wildman–Crippen LogP) is 3.52. The van der Waals surface area contributed by atoms with E-state index in [0.717, 1.165) is 21.5 Å². The number of fused-ring (bicyclic) bond motifs is 1. The Labute approximate surface area is 130 Å². The van der Waals surface area contributed by atoms with Crippen molar-refractivity contribution in [3.05, 3.63) is 46.1 Å². The van der Waals surface area contributed by atoms with Gasteiger partial charge < -0.3 is 10.2 Å². The molecule has 5 nitrogen and oxygen atoms in total. The van der Waals surface area contributed by atoms with Gasteiger partial charge in [0.25, 0.3) is 0 Å². The summed E-state index contributed by atoms with van der Waals surface area (Å²) in [6, 6.07) is 7.42. The molecule has 0 fully saturated rings. The van der Waals surface area contributed by atoms with Gasteiger partial charge in [-0.05, 0) is 42.1 Å². The van der Waals surface area contributed by atoms with Crippen LogP contribution in [0.4, 0.5) is 5.82 Å². The molecule has 0 saturated carbocycles. The third-order valence-corrected chi connectivity index (χ3v) is 4.04. The number of rotatable bonds is 4. The molecular weight excluding hydrogens is 308 g/mol. The van der Waals surface area contributed by atoms with Crippen molar-refractivity contribution in [2.75, 3.05) is 5.43 Å². The molecule has 108 valence electrons. The number of nitrogens with zero attached hydrogens (tertiary/aromatic N) is 2. The van der Waals surface area contributed by atoms with Gasteiger partial charge in [-0.25, -0.2) is 15.8 Å². The average molecular weight is 321 g/mol. The van der Waals surface area contributed by atoms with Gasteiger partial charge in [0.2, 0.25) is 0 Å². The molecule has 3 rings (SSSR count). The van der Waals surface area contributed by atoms with E-state index in [4.69, 9.17) is 22.2 Å². The van der Waals surface area contributed by atoms with E-state index in [2.05, 4.69) is 15.4 Å². The Morgan fingerprint density at radius 2 is 2.19 bits per heavy atom. The summed E-state index contributed by atoms with van der Waals surface area (Å²) >= 11 is 7.46. The van der Waals surface area contributed by atoms with Crippen LogP contribution in [0.15, 0.2) is 29.6 Å². The van der Waals surface area contributed by atoms with E-state index >= 15 is 0 Å². The van der Waals surface area contributed by atoms with E-state index in [1.54, 1.807) is 6.07 Å². The van der Waals surface area contributed by atoms with Crippen LogP contribution in [-0.4, -0.2) is 9.97 Å². The van der Waals surface area contributed by atoms with Gasteiger partial charge in [-0.1, -0.05) is 11.6 Å². The Kier molecular flexibility index (Phi) is 3.92. The summed E-state index contributed by atoms with van der Waals surface area (Å²) in [6.45, 7) is 2.21. The quantitative estimate of drug-likeness (QED) is 0.568. The summed E-state index contributed by atoms with van der Waals surface area (Å²) < 4.78 is 5.76. The number of nitrogens with one attached hydrogen (secondary N) is 1. The van der Waals surface area contributed by atoms with Gasteiger partial charge in [0.1, 0.15) is 17.2 Å². The van der Waals surface area contributed by atoms with Gasteiger partial charge in [0.15, 0.2) is 11.6 Å². The third-order valence-electron chi connectivity index (χ3n) is 3.00. The van der Waals surface area contributed by atoms with Crippen molar-refractivity contribution < 1.29 is 4.74 Å². The van der Waals surface area contributed by atoms with E-state index in [9.17, 15) is 0 Å². The van der Waals surface area contributed by atoms with E-state index in [0.29, 0.717) is 16.7 Å². The molecule has 2 aromatic heterocycles. The first-order valence-electron chi connectivity index (χ1n) is 6.27. The largest absolute Gasteiger partial charge is 0.485 e. The fourth-order valence-electron chi connectivity index (χ4n) is 1.99. The van der Waals surface area contributed by atoms with Crippen LogP contribution in [-0.2, 0) is 6.61 Å². The number of hydrazine groups is 1. The van der Waals surface area contributed by atoms with Gasteiger partial charge in [0.05, 0.1) is 5.39 Å². The van der Waals surface area contributed by atoms with Crippen LogP contribution in [0.25, 0.3) is 10.2 Å². The second kappa shape index (κ2) is 5.85. The maximum Gasteiger partial charge on any atom is 0.169 e. The Hall–Kier alpha value is -1.89. The number of benzene rings is 1. The molecule has 3 N–H and O–H groups in total. The Morgan fingerprint density at radius 3 is 2.95 bits per heavy atom. The molecule has 2 heterocycles. The zero-order valence-electron chi connectivity index (χ0n) is 11.3. The molecule has 0 aliphatic heterocycles. The van der Waals surface area contributed by atoms with Crippen LogP contribution in [0, 0.1) is 6.92 Å². The van der Waals surface area contributed by atoms with E-state index in [1.165, 1.54) is 11.3 Å². The average Bonchev–Trinajstić information content (AvgIpc) is 2.93. The summed E-state index contributed by atoms with van der Waals surface area (Å²) in [5.74, 6) is 7.44. The minimum atomic E-state index is 0.269. The zero-order valence-corrected chi connectivity index (χ0v) is 12.8. The summed E-state index contributed by atoms with van der Waals surface area (Å²) in [4.78, 5) is 9.71. The van der Waals surface area contributed by atoms with Crippen LogP contribution in [0.5, 0.6) is 5.75 Å². The topological polar surface area (TPSA) is 73.1 Å². The second-order valence-electron chi connectivity index (χ2n) is 4.47. The highest BCUT2D eigenvalue weighted by atomic mass is 35.5. The van der Waals surface area contributed by atoms with Crippen LogP contribution in [0.1, 0.15) is 11.4 Å². The standard InChI is InChI=1S/C14H13ClN4OS/c1-8-6-9(15)2-3-11(8)20-7-12-17-13(19-16)10-4-5-21-14(10)18-12/h2-6H,7,16H2,1H3,(H,17,18,19). The number of hydrogen-bond donors (Lipinski definition) is 2. The molecule has 0 bridgehead atoms. The first-order chi connectivity index (χ1) is 10.2. The molecule has 0 amide bonds. The van der Waals surface area contributed by atoms with Gasteiger partial charge in [-0.15, -0.1) is 11.3 Å². The number of ether oxygens (including phenoxy) is 1. The Bertz CT molecular complexity index is 790. The van der Waals surface area contributed by atoms with E-state index < -0.39 is 0 Å². The van der Waals surface area contributed by atoms with E-state index in [-0.39, 0.29) is 6.61 Å². The summed E-state index contributed by atoms with van der Waals surface area (Å²) in [5, 5.41) is 3.55. The molecule has 3 aromatic rings. The maximum atomic E-state index is 5.93. The van der Waals surface area contributed by atoms with Gasteiger partial charge in [0, 0.05) is 5.02 Å². The first kappa shape index (κ1) is 14.1. The van der Waals surface area contributed by atoms with Crippen LogP contribution < -0.4 is 16.0 Å². The molecule has 0 spiro atoms. The van der Waals surface area contributed by atoms with E-state index in [1.807, 2.05) is 30.5 Å². The van der Waals surface area contributed by atoms with Gasteiger partial charge in [-0.3, -0.25) is 0 Å². The number of halogens is 1. The lowest BCUT2D eigenvalue weighted by Gasteiger charge is -2.09. The Balaban J connectivity index is 1.84. The van der Waals surface area contributed by atoms with Crippen LogP contribution in [0.3, 0.4) is 0 Å². The molecule has 1 aromatic carbocycles. The molecule has 0 aliphatic rings. The lowest BCUT2D eigenvalue weighted by molar-refractivity contribution is 0.294. The first-order valence-corrected chi connectivity index (χ1v) is 7.53. The number of anilines is 1. The van der Waals surface area contributed by atoms with Crippen LogP contribution >= 0.6 is 22.9 Å².